The van der Waals surface area contributed by atoms with Gasteiger partial charge in [0.15, 0.2) is 12.2 Å². The fraction of sp³-hybridized carbons (Fsp3) is 0.667. The molecule has 5 nitrogen and oxygen atoms in total. The third-order valence-electron chi connectivity index (χ3n) is 1.56. The monoisotopic (exact) mass is 238 g/mol. The van der Waals surface area contributed by atoms with Crippen LogP contribution < -0.4 is 0 Å². The molecule has 0 aromatic rings. The van der Waals surface area contributed by atoms with E-state index in [1.807, 2.05) is 0 Å². The van der Waals surface area contributed by atoms with Gasteiger partial charge in [-0.15, -0.1) is 0 Å². The van der Waals surface area contributed by atoms with Gasteiger partial charge < -0.3 is 14.9 Å². The third-order valence-corrected chi connectivity index (χ3v) is 2.22. The minimum Gasteiger partial charge on any atom is -0.450 e. The largest absolute Gasteiger partial charge is 0.450 e. The molecule has 0 radical (unpaired) electrons. The van der Waals surface area contributed by atoms with Gasteiger partial charge in [0.05, 0.1) is 0 Å². The van der Waals surface area contributed by atoms with Crippen LogP contribution >= 0.6 is 15.9 Å². The molecular weight excluding hydrogens is 232 g/mol. The van der Waals surface area contributed by atoms with Gasteiger partial charge >= 0.3 is 5.97 Å². The van der Waals surface area contributed by atoms with Gasteiger partial charge in [0.1, 0.15) is 6.10 Å². The molecule has 0 aromatic carbocycles. The summed E-state index contributed by atoms with van der Waals surface area (Å²) >= 11 is 2.93. The van der Waals surface area contributed by atoms with E-state index in [9.17, 15) is 9.59 Å². The Balaban J connectivity index is 2.70. The van der Waals surface area contributed by atoms with Crippen LogP contribution in [0.4, 0.5) is 0 Å². The maximum absolute atomic E-state index is 10.7. The molecule has 3 atom stereocenters. The van der Waals surface area contributed by atoms with Crippen LogP contribution in [0.15, 0.2) is 0 Å². The molecular formula is C6H7BrO5. The number of carbonyl (C=O) groups is 2. The zero-order valence-corrected chi connectivity index (χ0v) is 7.52. The first-order chi connectivity index (χ1) is 5.57. The number of carbonyl (C=O) groups excluding carboxylic acids is 2. The quantitative estimate of drug-likeness (QED) is 0.351. The lowest BCUT2D eigenvalue weighted by molar-refractivity contribution is -0.150. The molecule has 6 heteroatoms. The number of alkyl halides is 1. The first-order valence-corrected chi connectivity index (χ1v) is 4.37. The number of hydrogen-bond acceptors (Lipinski definition) is 5. The van der Waals surface area contributed by atoms with Crippen molar-refractivity contribution in [2.45, 2.75) is 18.3 Å². The summed E-state index contributed by atoms with van der Waals surface area (Å²) in [5.74, 6) is -2.09. The smallest absolute Gasteiger partial charge is 0.378 e. The molecule has 1 aliphatic rings. The second kappa shape index (κ2) is 3.51. The van der Waals surface area contributed by atoms with Crippen molar-refractivity contribution in [1.82, 2.24) is 0 Å². The molecule has 12 heavy (non-hydrogen) atoms. The Morgan fingerprint density at radius 1 is 1.58 bits per heavy atom. The molecule has 0 aliphatic carbocycles. The van der Waals surface area contributed by atoms with Crippen LogP contribution in [0.25, 0.3) is 0 Å². The summed E-state index contributed by atoms with van der Waals surface area (Å²) in [6, 6.07) is 0. The number of rotatable bonds is 2. The van der Waals surface area contributed by atoms with Crippen LogP contribution in [0.3, 0.4) is 0 Å². The average molecular weight is 239 g/mol. The molecule has 1 heterocycles. The summed E-state index contributed by atoms with van der Waals surface area (Å²) < 4.78 is 4.42. The maximum Gasteiger partial charge on any atom is 0.378 e. The minimum atomic E-state index is -1.54. The van der Waals surface area contributed by atoms with Gasteiger partial charge in [0.2, 0.25) is 0 Å². The molecule has 1 saturated heterocycles. The van der Waals surface area contributed by atoms with Crippen molar-refractivity contribution < 1.29 is 24.5 Å². The van der Waals surface area contributed by atoms with Crippen LogP contribution in [0.2, 0.25) is 0 Å². The van der Waals surface area contributed by atoms with Crippen molar-refractivity contribution in [1.29, 1.82) is 0 Å². The maximum atomic E-state index is 10.7. The summed E-state index contributed by atoms with van der Waals surface area (Å²) in [7, 11) is 0. The van der Waals surface area contributed by atoms with Gasteiger partial charge in [-0.3, -0.25) is 4.79 Å². The summed E-state index contributed by atoms with van der Waals surface area (Å²) in [5.41, 5.74) is 0. The van der Waals surface area contributed by atoms with Gasteiger partial charge in [0, 0.05) is 5.33 Å². The molecule has 0 amide bonds. The highest BCUT2D eigenvalue weighted by atomic mass is 79.9. The fourth-order valence-corrected chi connectivity index (χ4v) is 1.26. The number of ether oxygens (including phenoxy) is 1. The Kier molecular flexibility index (Phi) is 2.81. The third kappa shape index (κ3) is 1.50. The number of esters is 1. The van der Waals surface area contributed by atoms with Crippen molar-refractivity contribution in [3.63, 3.8) is 0 Å². The molecule has 68 valence electrons. The van der Waals surface area contributed by atoms with E-state index in [1.54, 1.807) is 0 Å². The standard InChI is InChI=1S/C6H7BrO5/c7-1-2(8)5-3(9)4(10)6(11)12-5/h2-3,5,8-9H,1H2/t2-,3?,5+/m0/s1. The van der Waals surface area contributed by atoms with E-state index in [-0.39, 0.29) is 5.33 Å². The number of halogens is 1. The molecule has 2 N–H and O–H groups in total. The van der Waals surface area contributed by atoms with Crippen molar-refractivity contribution in [3.8, 4) is 0 Å². The summed E-state index contributed by atoms with van der Waals surface area (Å²) in [4.78, 5) is 21.2. The first-order valence-electron chi connectivity index (χ1n) is 3.25. The molecule has 1 rings (SSSR count). The highest BCUT2D eigenvalue weighted by molar-refractivity contribution is 9.09. The Morgan fingerprint density at radius 3 is 2.50 bits per heavy atom. The molecule has 1 fully saturated rings. The molecule has 1 unspecified atom stereocenters. The summed E-state index contributed by atoms with van der Waals surface area (Å²) in [6.45, 7) is 0. The van der Waals surface area contributed by atoms with Gasteiger partial charge in [0.25, 0.3) is 5.78 Å². The normalized spacial score (nSPS) is 31.9. The molecule has 0 aromatic heterocycles. The Morgan fingerprint density at radius 2 is 2.17 bits per heavy atom. The average Bonchev–Trinajstić information content (AvgIpc) is 2.32. The number of aliphatic hydroxyl groups is 2. The van der Waals surface area contributed by atoms with Crippen LogP contribution in [0, 0.1) is 0 Å². The second-order valence-electron chi connectivity index (χ2n) is 2.40. The van der Waals surface area contributed by atoms with E-state index in [0.29, 0.717) is 0 Å². The van der Waals surface area contributed by atoms with Crippen molar-refractivity contribution in [2.75, 3.05) is 5.33 Å². The number of cyclic esters (lactones) is 1. The van der Waals surface area contributed by atoms with E-state index < -0.39 is 30.1 Å². The van der Waals surface area contributed by atoms with E-state index >= 15 is 0 Å². The Hall–Kier alpha value is -0.460. The van der Waals surface area contributed by atoms with Crippen molar-refractivity contribution in [2.24, 2.45) is 0 Å². The summed E-state index contributed by atoms with van der Waals surface area (Å²) in [6.07, 6.45) is -3.73. The SMILES string of the molecule is O=C1O[C@H]([C@@H](O)CBr)C(O)C1=O. The molecule has 0 saturated carbocycles. The summed E-state index contributed by atoms with van der Waals surface area (Å²) in [5, 5.41) is 18.3. The fourth-order valence-electron chi connectivity index (χ4n) is 0.893. The highest BCUT2D eigenvalue weighted by Gasteiger charge is 2.45. The van der Waals surface area contributed by atoms with E-state index in [4.69, 9.17) is 10.2 Å². The number of hydrogen-bond donors (Lipinski definition) is 2. The first kappa shape index (κ1) is 9.63. The zero-order chi connectivity index (χ0) is 9.30. The molecule has 0 bridgehead atoms. The van der Waals surface area contributed by atoms with Gasteiger partial charge in [-0.1, -0.05) is 15.9 Å². The van der Waals surface area contributed by atoms with Crippen LogP contribution in [-0.2, 0) is 14.3 Å². The van der Waals surface area contributed by atoms with Crippen molar-refractivity contribution >= 4 is 27.7 Å². The van der Waals surface area contributed by atoms with Gasteiger partial charge in [-0.2, -0.15) is 0 Å². The van der Waals surface area contributed by atoms with Crippen LogP contribution in [-0.4, -0.2) is 45.6 Å². The lowest BCUT2D eigenvalue weighted by Gasteiger charge is -2.15. The van der Waals surface area contributed by atoms with Crippen LogP contribution in [0.5, 0.6) is 0 Å². The lowest BCUT2D eigenvalue weighted by atomic mass is 10.1. The van der Waals surface area contributed by atoms with E-state index in [0.717, 1.165) is 0 Å². The highest BCUT2D eigenvalue weighted by Crippen LogP contribution is 2.16. The number of ketones is 1. The van der Waals surface area contributed by atoms with E-state index in [1.165, 1.54) is 0 Å². The predicted octanol–water partition coefficient (Wildman–Crippen LogP) is -1.40. The number of aliphatic hydroxyl groups excluding tert-OH is 2. The minimum absolute atomic E-state index is 0.134. The number of Topliss-reactive ketones (excluding diaryl/α,β-unsaturated/α-hetero) is 1. The molecule has 1 aliphatic heterocycles. The van der Waals surface area contributed by atoms with Gasteiger partial charge in [-0.05, 0) is 0 Å². The Labute approximate surface area is 76.5 Å². The lowest BCUT2D eigenvalue weighted by Crippen LogP contribution is -2.37. The molecule has 0 spiro atoms. The van der Waals surface area contributed by atoms with E-state index in [2.05, 4.69) is 20.7 Å². The second-order valence-corrected chi connectivity index (χ2v) is 3.05. The van der Waals surface area contributed by atoms with Gasteiger partial charge in [-0.25, -0.2) is 4.79 Å². The van der Waals surface area contributed by atoms with Crippen LogP contribution in [0.1, 0.15) is 0 Å². The van der Waals surface area contributed by atoms with Crippen molar-refractivity contribution in [3.05, 3.63) is 0 Å². The topological polar surface area (TPSA) is 83.8 Å². The Bertz CT molecular complexity index is 216. The zero-order valence-electron chi connectivity index (χ0n) is 5.94. The predicted molar refractivity (Wildman–Crippen MR) is 40.7 cm³/mol.